The Morgan fingerprint density at radius 2 is 1.86 bits per heavy atom. The molecular formula is C15H17ClN2O2S. The molecule has 21 heavy (non-hydrogen) atoms. The molecule has 0 bridgehead atoms. The number of benzene rings is 2. The summed E-state index contributed by atoms with van der Waals surface area (Å²) in [7, 11) is -3.59. The summed E-state index contributed by atoms with van der Waals surface area (Å²) in [6, 6.07) is 10.2. The molecule has 0 saturated heterocycles. The molecule has 1 atom stereocenters. The molecule has 1 aliphatic carbocycles. The van der Waals surface area contributed by atoms with Crippen molar-refractivity contribution < 1.29 is 8.42 Å². The molecule has 1 aliphatic rings. The highest BCUT2D eigenvalue weighted by Gasteiger charge is 2.29. The minimum atomic E-state index is -3.59. The van der Waals surface area contributed by atoms with Crippen LogP contribution in [0.15, 0.2) is 41.3 Å². The molecule has 2 aromatic carbocycles. The van der Waals surface area contributed by atoms with Crippen LogP contribution in [0.3, 0.4) is 0 Å². The molecule has 2 aromatic rings. The smallest absolute Gasteiger partial charge is 0.241 e. The Kier molecular flexibility index (Phi) is 3.92. The van der Waals surface area contributed by atoms with E-state index in [1.165, 1.54) is 6.07 Å². The number of hydrogen-bond acceptors (Lipinski definition) is 3. The van der Waals surface area contributed by atoms with Crippen LogP contribution in [0.25, 0.3) is 10.8 Å². The number of halogens is 1. The summed E-state index contributed by atoms with van der Waals surface area (Å²) < 4.78 is 27.6. The fourth-order valence-corrected chi connectivity index (χ4v) is 3.95. The lowest BCUT2D eigenvalue weighted by molar-refractivity contribution is 0.548. The Morgan fingerprint density at radius 1 is 1.19 bits per heavy atom. The molecule has 1 saturated carbocycles. The third kappa shape index (κ3) is 3.06. The van der Waals surface area contributed by atoms with E-state index in [9.17, 15) is 8.42 Å². The van der Waals surface area contributed by atoms with Crippen molar-refractivity contribution in [2.24, 2.45) is 11.7 Å². The molecule has 0 aliphatic heterocycles. The monoisotopic (exact) mass is 324 g/mol. The summed E-state index contributed by atoms with van der Waals surface area (Å²) in [5, 5.41) is 1.89. The SMILES string of the molecule is NC(CNS(=O)(=O)c1ccc(Cl)c2ccccc12)C1CC1. The maximum Gasteiger partial charge on any atom is 0.241 e. The zero-order valence-corrected chi connectivity index (χ0v) is 13.0. The Hall–Kier alpha value is -1.14. The van der Waals surface area contributed by atoms with Gasteiger partial charge in [-0.2, -0.15) is 0 Å². The van der Waals surface area contributed by atoms with Gasteiger partial charge in [0.2, 0.25) is 10.0 Å². The van der Waals surface area contributed by atoms with Gasteiger partial charge in [0.15, 0.2) is 0 Å². The van der Waals surface area contributed by atoms with Gasteiger partial charge in [-0.15, -0.1) is 0 Å². The number of nitrogens with one attached hydrogen (secondary N) is 1. The van der Waals surface area contributed by atoms with Crippen LogP contribution >= 0.6 is 11.6 Å². The maximum absolute atomic E-state index is 12.5. The van der Waals surface area contributed by atoms with Crippen LogP contribution in [0.4, 0.5) is 0 Å². The summed E-state index contributed by atoms with van der Waals surface area (Å²) >= 11 is 6.12. The first-order valence-electron chi connectivity index (χ1n) is 6.91. The second kappa shape index (κ2) is 5.57. The number of fused-ring (bicyclic) bond motifs is 1. The predicted molar refractivity (Wildman–Crippen MR) is 84.8 cm³/mol. The molecule has 3 rings (SSSR count). The van der Waals surface area contributed by atoms with Crippen molar-refractivity contribution in [1.29, 1.82) is 0 Å². The third-order valence-corrected chi connectivity index (χ3v) is 5.67. The summed E-state index contributed by atoms with van der Waals surface area (Å²) in [5.74, 6) is 0.453. The van der Waals surface area contributed by atoms with Gasteiger partial charge in [0.05, 0.1) is 4.90 Å². The molecule has 0 aromatic heterocycles. The Balaban J connectivity index is 1.93. The number of rotatable bonds is 5. The number of hydrogen-bond donors (Lipinski definition) is 2. The first-order chi connectivity index (χ1) is 9.99. The summed E-state index contributed by atoms with van der Waals surface area (Å²) in [6.07, 6.45) is 2.18. The zero-order chi connectivity index (χ0) is 15.0. The molecule has 112 valence electrons. The topological polar surface area (TPSA) is 72.2 Å². The molecule has 0 radical (unpaired) electrons. The van der Waals surface area contributed by atoms with Crippen molar-refractivity contribution in [3.05, 3.63) is 41.4 Å². The quantitative estimate of drug-likeness (QED) is 0.887. The molecule has 3 N–H and O–H groups in total. The number of sulfonamides is 1. The van der Waals surface area contributed by atoms with Crippen molar-refractivity contribution in [3.63, 3.8) is 0 Å². The molecule has 0 amide bonds. The van der Waals surface area contributed by atoms with E-state index in [0.717, 1.165) is 18.2 Å². The molecule has 1 fully saturated rings. The van der Waals surface area contributed by atoms with Crippen molar-refractivity contribution in [3.8, 4) is 0 Å². The van der Waals surface area contributed by atoms with E-state index < -0.39 is 10.0 Å². The summed E-state index contributed by atoms with van der Waals surface area (Å²) in [5.41, 5.74) is 5.95. The minimum absolute atomic E-state index is 0.113. The van der Waals surface area contributed by atoms with Crippen molar-refractivity contribution in [2.75, 3.05) is 6.54 Å². The first kappa shape index (κ1) is 14.8. The Labute approximate surface area is 129 Å². The lowest BCUT2D eigenvalue weighted by Gasteiger charge is -2.14. The highest BCUT2D eigenvalue weighted by molar-refractivity contribution is 7.89. The van der Waals surface area contributed by atoms with Gasteiger partial charge in [-0.25, -0.2) is 13.1 Å². The van der Waals surface area contributed by atoms with Gasteiger partial charge in [-0.05, 0) is 30.9 Å². The summed E-state index contributed by atoms with van der Waals surface area (Å²) in [6.45, 7) is 0.268. The van der Waals surface area contributed by atoms with Gasteiger partial charge in [-0.3, -0.25) is 0 Å². The number of nitrogens with two attached hydrogens (primary N) is 1. The van der Waals surface area contributed by atoms with E-state index in [4.69, 9.17) is 17.3 Å². The zero-order valence-electron chi connectivity index (χ0n) is 11.4. The lowest BCUT2D eigenvalue weighted by Crippen LogP contribution is -2.38. The first-order valence-corrected chi connectivity index (χ1v) is 8.77. The van der Waals surface area contributed by atoms with Gasteiger partial charge in [0.1, 0.15) is 0 Å². The van der Waals surface area contributed by atoms with Crippen LogP contribution < -0.4 is 10.5 Å². The third-order valence-electron chi connectivity index (χ3n) is 3.86. The van der Waals surface area contributed by atoms with Crippen molar-refractivity contribution in [1.82, 2.24) is 4.72 Å². The van der Waals surface area contributed by atoms with E-state index >= 15 is 0 Å². The van der Waals surface area contributed by atoms with Gasteiger partial charge in [0.25, 0.3) is 0 Å². The molecular weight excluding hydrogens is 308 g/mol. The fourth-order valence-electron chi connectivity index (χ4n) is 2.44. The second-order valence-corrected chi connectivity index (χ2v) is 7.59. The fraction of sp³-hybridized carbons (Fsp3) is 0.333. The maximum atomic E-state index is 12.5. The van der Waals surface area contributed by atoms with Crippen LogP contribution in [0.1, 0.15) is 12.8 Å². The average molecular weight is 325 g/mol. The van der Waals surface area contributed by atoms with Gasteiger partial charge >= 0.3 is 0 Å². The lowest BCUT2D eigenvalue weighted by atomic mass is 10.1. The van der Waals surface area contributed by atoms with E-state index in [1.807, 2.05) is 12.1 Å². The average Bonchev–Trinajstić information content (AvgIpc) is 3.30. The largest absolute Gasteiger partial charge is 0.326 e. The van der Waals surface area contributed by atoms with E-state index in [0.29, 0.717) is 16.3 Å². The van der Waals surface area contributed by atoms with E-state index in [2.05, 4.69) is 4.72 Å². The Bertz CT molecular complexity index is 772. The predicted octanol–water partition coefficient (Wildman–Crippen LogP) is 2.51. The van der Waals surface area contributed by atoms with Crippen molar-refractivity contribution >= 4 is 32.4 Å². The molecule has 0 heterocycles. The second-order valence-electron chi connectivity index (χ2n) is 5.44. The Morgan fingerprint density at radius 3 is 2.52 bits per heavy atom. The van der Waals surface area contributed by atoms with Gasteiger partial charge in [-0.1, -0.05) is 35.9 Å². The standard InChI is InChI=1S/C15H17ClN2O2S/c16-13-7-8-15(12-4-2-1-3-11(12)13)21(19,20)18-9-14(17)10-5-6-10/h1-4,7-8,10,14,18H,5-6,9,17H2. The van der Waals surface area contributed by atoms with Gasteiger partial charge < -0.3 is 5.73 Å². The van der Waals surface area contributed by atoms with Crippen LogP contribution in [0.5, 0.6) is 0 Å². The van der Waals surface area contributed by atoms with Crippen LogP contribution in [-0.2, 0) is 10.0 Å². The molecule has 0 spiro atoms. The molecule has 6 heteroatoms. The van der Waals surface area contributed by atoms with Crippen molar-refractivity contribution in [2.45, 2.75) is 23.8 Å². The highest BCUT2D eigenvalue weighted by Crippen LogP contribution is 2.32. The van der Waals surface area contributed by atoms with Gasteiger partial charge in [0, 0.05) is 28.4 Å². The highest BCUT2D eigenvalue weighted by atomic mass is 35.5. The van der Waals surface area contributed by atoms with E-state index in [1.54, 1.807) is 18.2 Å². The normalized spacial score (nSPS) is 17.0. The molecule has 4 nitrogen and oxygen atoms in total. The minimum Gasteiger partial charge on any atom is -0.326 e. The summed E-state index contributed by atoms with van der Waals surface area (Å²) in [4.78, 5) is 0.241. The van der Waals surface area contributed by atoms with E-state index in [-0.39, 0.29) is 17.5 Å². The molecule has 1 unspecified atom stereocenters. The van der Waals surface area contributed by atoms with Crippen LogP contribution in [0.2, 0.25) is 5.02 Å². The van der Waals surface area contributed by atoms with Crippen LogP contribution in [0, 0.1) is 5.92 Å². The van der Waals surface area contributed by atoms with Crippen LogP contribution in [-0.4, -0.2) is 21.0 Å².